The van der Waals surface area contributed by atoms with E-state index >= 15 is 0 Å². The summed E-state index contributed by atoms with van der Waals surface area (Å²) >= 11 is 6.54. The number of benzene rings is 1. The molecule has 0 saturated heterocycles. The summed E-state index contributed by atoms with van der Waals surface area (Å²) in [5, 5.41) is 0.203. The molecule has 1 nitrogen and oxygen atoms in total. The average Bonchev–Trinajstić information content (AvgIpc) is 2.90. The molecule has 1 unspecified atom stereocenters. The fraction of sp³-hybridized carbons (Fsp3) is 0.600. The molecule has 2 rings (SSSR count). The van der Waals surface area contributed by atoms with E-state index in [1.54, 1.807) is 7.11 Å². The highest BCUT2D eigenvalue weighted by atomic mass is 35.5. The van der Waals surface area contributed by atoms with Crippen LogP contribution in [0.5, 0.6) is 0 Å². The molecule has 1 aliphatic carbocycles. The lowest BCUT2D eigenvalue weighted by Gasteiger charge is -2.17. The Bertz CT molecular complexity index is 327. The molecule has 1 atom stereocenters. The SMILES string of the molecule is COCCc1ccc(C(Cl)C2CCCC2)cc1. The van der Waals surface area contributed by atoms with Gasteiger partial charge in [0.1, 0.15) is 0 Å². The van der Waals surface area contributed by atoms with Crippen molar-refractivity contribution in [2.24, 2.45) is 5.92 Å². The van der Waals surface area contributed by atoms with Gasteiger partial charge >= 0.3 is 0 Å². The molecule has 1 fully saturated rings. The van der Waals surface area contributed by atoms with E-state index in [4.69, 9.17) is 16.3 Å². The lowest BCUT2D eigenvalue weighted by atomic mass is 9.96. The molecule has 0 amide bonds. The third-order valence-electron chi connectivity index (χ3n) is 3.71. The zero-order valence-electron chi connectivity index (χ0n) is 10.5. The van der Waals surface area contributed by atoms with Crippen LogP contribution in [-0.2, 0) is 11.2 Å². The van der Waals surface area contributed by atoms with Crippen molar-refractivity contribution in [2.75, 3.05) is 13.7 Å². The standard InChI is InChI=1S/C15H21ClO/c1-17-11-10-12-6-8-14(9-7-12)15(16)13-4-2-3-5-13/h6-9,13,15H,2-5,10-11H2,1H3. The van der Waals surface area contributed by atoms with E-state index < -0.39 is 0 Å². The van der Waals surface area contributed by atoms with Crippen LogP contribution in [0.15, 0.2) is 24.3 Å². The summed E-state index contributed by atoms with van der Waals surface area (Å²) in [6.45, 7) is 0.784. The van der Waals surface area contributed by atoms with Gasteiger partial charge in [-0.1, -0.05) is 37.1 Å². The van der Waals surface area contributed by atoms with Crippen molar-refractivity contribution in [3.05, 3.63) is 35.4 Å². The van der Waals surface area contributed by atoms with Crippen LogP contribution in [0, 0.1) is 5.92 Å². The zero-order chi connectivity index (χ0) is 12.1. The Morgan fingerprint density at radius 3 is 2.47 bits per heavy atom. The van der Waals surface area contributed by atoms with E-state index in [0.29, 0.717) is 5.92 Å². The molecule has 1 aromatic rings. The number of hydrogen-bond donors (Lipinski definition) is 0. The van der Waals surface area contributed by atoms with Crippen LogP contribution in [0.25, 0.3) is 0 Å². The van der Waals surface area contributed by atoms with Crippen LogP contribution in [-0.4, -0.2) is 13.7 Å². The Labute approximate surface area is 109 Å². The molecule has 2 heteroatoms. The van der Waals surface area contributed by atoms with Crippen molar-refractivity contribution in [1.29, 1.82) is 0 Å². The Kier molecular flexibility index (Phi) is 4.87. The highest BCUT2D eigenvalue weighted by Crippen LogP contribution is 2.39. The maximum Gasteiger partial charge on any atom is 0.0613 e. The minimum Gasteiger partial charge on any atom is -0.384 e. The van der Waals surface area contributed by atoms with Crippen molar-refractivity contribution < 1.29 is 4.74 Å². The second kappa shape index (κ2) is 6.42. The number of methoxy groups -OCH3 is 1. The fourth-order valence-electron chi connectivity index (χ4n) is 2.61. The first-order valence-corrected chi connectivity index (χ1v) is 6.97. The molecule has 0 spiro atoms. The Hall–Kier alpha value is -0.530. The summed E-state index contributed by atoms with van der Waals surface area (Å²) in [6.07, 6.45) is 6.26. The van der Waals surface area contributed by atoms with Crippen molar-refractivity contribution in [2.45, 2.75) is 37.5 Å². The molecule has 1 aromatic carbocycles. The van der Waals surface area contributed by atoms with E-state index in [2.05, 4.69) is 24.3 Å². The number of ether oxygens (including phenoxy) is 1. The third kappa shape index (κ3) is 3.46. The van der Waals surface area contributed by atoms with Gasteiger partial charge in [0.05, 0.1) is 12.0 Å². The topological polar surface area (TPSA) is 9.23 Å². The summed E-state index contributed by atoms with van der Waals surface area (Å²) in [5.74, 6) is 0.682. The average molecular weight is 253 g/mol. The summed E-state index contributed by atoms with van der Waals surface area (Å²) in [7, 11) is 1.74. The molecule has 17 heavy (non-hydrogen) atoms. The molecule has 0 aromatic heterocycles. The van der Waals surface area contributed by atoms with E-state index in [9.17, 15) is 0 Å². The number of rotatable bonds is 5. The van der Waals surface area contributed by atoms with Gasteiger partial charge in [-0.2, -0.15) is 0 Å². The third-order valence-corrected chi connectivity index (χ3v) is 4.32. The van der Waals surface area contributed by atoms with Crippen molar-refractivity contribution in [3.8, 4) is 0 Å². The molecule has 94 valence electrons. The second-order valence-corrected chi connectivity index (χ2v) is 5.40. The van der Waals surface area contributed by atoms with Crippen LogP contribution < -0.4 is 0 Å². The molecule has 0 heterocycles. The monoisotopic (exact) mass is 252 g/mol. The Balaban J connectivity index is 1.96. The predicted molar refractivity (Wildman–Crippen MR) is 72.6 cm³/mol. The molecule has 1 aliphatic rings. The fourth-order valence-corrected chi connectivity index (χ4v) is 3.01. The minimum absolute atomic E-state index is 0.203. The van der Waals surface area contributed by atoms with Gasteiger partial charge in [0, 0.05) is 7.11 Å². The zero-order valence-corrected chi connectivity index (χ0v) is 11.2. The Morgan fingerprint density at radius 1 is 1.24 bits per heavy atom. The van der Waals surface area contributed by atoms with Crippen molar-refractivity contribution >= 4 is 11.6 Å². The van der Waals surface area contributed by atoms with Gasteiger partial charge in [-0.15, -0.1) is 11.6 Å². The van der Waals surface area contributed by atoms with Crippen LogP contribution in [0.4, 0.5) is 0 Å². The second-order valence-electron chi connectivity index (χ2n) is 4.93. The first-order chi connectivity index (χ1) is 8.31. The van der Waals surface area contributed by atoms with Gasteiger partial charge < -0.3 is 4.74 Å². The van der Waals surface area contributed by atoms with E-state index in [-0.39, 0.29) is 5.38 Å². The quantitative estimate of drug-likeness (QED) is 0.708. The first kappa shape index (κ1) is 12.9. The van der Waals surface area contributed by atoms with Crippen LogP contribution in [0.3, 0.4) is 0 Å². The maximum absolute atomic E-state index is 6.54. The Morgan fingerprint density at radius 2 is 1.88 bits per heavy atom. The molecule has 1 saturated carbocycles. The summed E-state index contributed by atoms with van der Waals surface area (Å²) in [6, 6.07) is 8.72. The van der Waals surface area contributed by atoms with E-state index in [1.165, 1.54) is 36.8 Å². The highest BCUT2D eigenvalue weighted by Gasteiger charge is 2.24. The van der Waals surface area contributed by atoms with Crippen LogP contribution in [0.2, 0.25) is 0 Å². The van der Waals surface area contributed by atoms with Crippen LogP contribution >= 0.6 is 11.6 Å². The molecule has 0 radical (unpaired) electrons. The molecule has 0 N–H and O–H groups in total. The van der Waals surface area contributed by atoms with Gasteiger partial charge in [-0.25, -0.2) is 0 Å². The predicted octanol–water partition coefficient (Wildman–Crippen LogP) is 4.35. The number of alkyl halides is 1. The normalized spacial score (nSPS) is 18.5. The van der Waals surface area contributed by atoms with E-state index in [1.807, 2.05) is 0 Å². The van der Waals surface area contributed by atoms with Crippen molar-refractivity contribution in [3.63, 3.8) is 0 Å². The first-order valence-electron chi connectivity index (χ1n) is 6.53. The van der Waals surface area contributed by atoms with Gasteiger partial charge in [0.25, 0.3) is 0 Å². The lowest BCUT2D eigenvalue weighted by Crippen LogP contribution is -2.03. The number of halogens is 1. The molecule has 0 aliphatic heterocycles. The maximum atomic E-state index is 6.54. The minimum atomic E-state index is 0.203. The van der Waals surface area contributed by atoms with Gasteiger partial charge in [0.15, 0.2) is 0 Å². The summed E-state index contributed by atoms with van der Waals surface area (Å²) in [4.78, 5) is 0. The van der Waals surface area contributed by atoms with E-state index in [0.717, 1.165) is 13.0 Å². The largest absolute Gasteiger partial charge is 0.384 e. The summed E-state index contributed by atoms with van der Waals surface area (Å²) < 4.78 is 5.08. The highest BCUT2D eigenvalue weighted by molar-refractivity contribution is 6.21. The van der Waals surface area contributed by atoms with Gasteiger partial charge in [0.2, 0.25) is 0 Å². The van der Waals surface area contributed by atoms with Gasteiger partial charge in [-0.3, -0.25) is 0 Å². The van der Waals surface area contributed by atoms with Crippen LogP contribution in [0.1, 0.15) is 42.2 Å². The van der Waals surface area contributed by atoms with Gasteiger partial charge in [-0.05, 0) is 36.3 Å². The number of hydrogen-bond acceptors (Lipinski definition) is 1. The molecular formula is C15H21ClO. The molecule has 0 bridgehead atoms. The summed E-state index contributed by atoms with van der Waals surface area (Å²) in [5.41, 5.74) is 2.60. The smallest absolute Gasteiger partial charge is 0.0613 e. The lowest BCUT2D eigenvalue weighted by molar-refractivity contribution is 0.202. The van der Waals surface area contributed by atoms with Crippen molar-refractivity contribution in [1.82, 2.24) is 0 Å². The molecular weight excluding hydrogens is 232 g/mol.